The van der Waals surface area contributed by atoms with Gasteiger partial charge in [-0.05, 0) is 137 Å². The number of ether oxygens (including phenoxy) is 3. The molecule has 3 aromatic rings. The van der Waals surface area contributed by atoms with E-state index in [1.165, 1.54) is 44.6 Å². The predicted molar refractivity (Wildman–Crippen MR) is 182 cm³/mol. The number of aryl methyl sites for hydroxylation is 2. The van der Waals surface area contributed by atoms with Gasteiger partial charge in [0.25, 0.3) is 6.47 Å². The second-order valence-corrected chi connectivity index (χ2v) is 12.2. The number of hydrogen-bond acceptors (Lipinski definition) is 7. The zero-order valence-electron chi connectivity index (χ0n) is 28.7. The van der Waals surface area contributed by atoms with Gasteiger partial charge in [0.15, 0.2) is 11.5 Å². The molecule has 45 heavy (non-hydrogen) atoms. The quantitative estimate of drug-likeness (QED) is 0.289. The van der Waals surface area contributed by atoms with E-state index in [1.54, 1.807) is 53.2 Å². The third-order valence-electron chi connectivity index (χ3n) is 7.70. The van der Waals surface area contributed by atoms with Crippen molar-refractivity contribution in [2.45, 2.75) is 79.8 Å². The van der Waals surface area contributed by atoms with E-state index in [2.05, 4.69) is 44.9 Å². The largest absolute Gasteiger partial charge is 0.496 e. The maximum Gasteiger partial charge on any atom is 0.290 e. The van der Waals surface area contributed by atoms with Gasteiger partial charge in [0.2, 0.25) is 0 Å². The monoisotopic (exact) mass is 621 g/mol. The van der Waals surface area contributed by atoms with E-state index in [4.69, 9.17) is 29.2 Å². The Morgan fingerprint density at radius 3 is 2.11 bits per heavy atom. The van der Waals surface area contributed by atoms with E-state index in [0.29, 0.717) is 5.56 Å². The van der Waals surface area contributed by atoms with E-state index in [9.17, 15) is 4.79 Å². The number of anilines is 1. The fraction of sp³-hybridized carbons (Fsp3) is 0.459. The molecule has 0 saturated carbocycles. The molecule has 0 saturated heterocycles. The molecular weight excluding hydrogens is 570 g/mol. The lowest BCUT2D eigenvalue weighted by Gasteiger charge is -2.26. The molecule has 2 heterocycles. The van der Waals surface area contributed by atoms with Crippen molar-refractivity contribution < 1.29 is 34.0 Å². The molecule has 8 heteroatoms. The van der Waals surface area contributed by atoms with Crippen molar-refractivity contribution in [2.24, 2.45) is 0 Å². The number of methoxy groups -OCH3 is 2. The maximum atomic E-state index is 10.3. The molecule has 0 fully saturated rings. The Balaban J connectivity index is 0.000000306. The van der Waals surface area contributed by atoms with E-state index in [-0.39, 0.29) is 6.47 Å². The van der Waals surface area contributed by atoms with Gasteiger partial charge < -0.3 is 29.3 Å². The van der Waals surface area contributed by atoms with Crippen LogP contribution in [0.2, 0.25) is 0 Å². The highest BCUT2D eigenvalue weighted by Gasteiger charge is 2.27. The van der Waals surface area contributed by atoms with Crippen LogP contribution in [-0.2, 0) is 24.1 Å². The van der Waals surface area contributed by atoms with Crippen LogP contribution in [0.4, 0.5) is 5.69 Å². The average Bonchev–Trinajstić information content (AvgIpc) is 3.36. The standard InChI is InChI=1S/C23H29NO2.C9H10O2.C4H10O.CH2O2/c1-6-16-14(2)12-20-18(9-10-24(20)4)22(16)19-13-21(25-5)23-17(15(19)3)8-7-11-26-23;1-7-5-8(6-10)3-4-9(7)11-2;1-4(2,3)5;2-1-3/h12-13H,6-11H2,1-5H3;3-6H,1-2H3;5H,1-3H3;1H,(H,2,3). The summed E-state index contributed by atoms with van der Waals surface area (Å²) in [6.45, 7) is 15.5. The van der Waals surface area contributed by atoms with Crippen LogP contribution in [0.3, 0.4) is 0 Å². The van der Waals surface area contributed by atoms with Crippen LogP contribution < -0.4 is 19.1 Å². The first kappa shape index (κ1) is 37.1. The number of hydrogen-bond donors (Lipinski definition) is 2. The summed E-state index contributed by atoms with van der Waals surface area (Å²) in [6.07, 6.45) is 5.14. The topological polar surface area (TPSA) is 106 Å². The number of fused-ring (bicyclic) bond motifs is 2. The van der Waals surface area contributed by atoms with Gasteiger partial charge in [0.05, 0.1) is 26.4 Å². The molecule has 2 aliphatic rings. The SMILES string of the molecule is CC(C)(C)O.CCc1c(C)cc2c(c1-c1cc(OC)c3c(c1C)CCCO3)CCN2C.COc1ccc(C=O)cc1C.O=CO. The highest BCUT2D eigenvalue weighted by molar-refractivity contribution is 5.84. The molecule has 246 valence electrons. The molecule has 2 N–H and O–H groups in total. The number of carbonyl (C=O) groups is 2. The normalized spacial score (nSPS) is 12.8. The van der Waals surface area contributed by atoms with Gasteiger partial charge in [-0.25, -0.2) is 0 Å². The summed E-state index contributed by atoms with van der Waals surface area (Å²) in [5, 5.41) is 15.4. The third kappa shape index (κ3) is 9.72. The predicted octanol–water partition coefficient (Wildman–Crippen LogP) is 7.15. The highest BCUT2D eigenvalue weighted by Crippen LogP contribution is 2.47. The number of benzene rings is 3. The molecule has 0 amide bonds. The molecule has 0 atom stereocenters. The number of nitrogens with zero attached hydrogens (tertiary/aromatic N) is 1. The fourth-order valence-corrected chi connectivity index (χ4v) is 5.72. The molecule has 2 aliphatic heterocycles. The zero-order chi connectivity index (χ0) is 33.9. The van der Waals surface area contributed by atoms with Crippen LogP contribution in [-0.4, -0.2) is 63.0 Å². The summed E-state index contributed by atoms with van der Waals surface area (Å²) in [5.74, 6) is 2.65. The number of carbonyl (C=O) groups excluding carboxylic acids is 1. The first-order valence-electron chi connectivity index (χ1n) is 15.4. The smallest absolute Gasteiger partial charge is 0.290 e. The van der Waals surface area contributed by atoms with Crippen molar-refractivity contribution >= 4 is 18.4 Å². The minimum absolute atomic E-state index is 0.250. The Kier molecular flexibility index (Phi) is 13.9. The van der Waals surface area contributed by atoms with Crippen molar-refractivity contribution in [1.29, 1.82) is 0 Å². The molecule has 5 rings (SSSR count). The lowest BCUT2D eigenvalue weighted by molar-refractivity contribution is -0.122. The summed E-state index contributed by atoms with van der Waals surface area (Å²) in [7, 11) is 5.57. The van der Waals surface area contributed by atoms with Crippen LogP contribution in [0.1, 0.15) is 77.9 Å². The lowest BCUT2D eigenvalue weighted by Crippen LogP contribution is -2.13. The minimum Gasteiger partial charge on any atom is -0.496 e. The molecule has 0 aromatic heterocycles. The van der Waals surface area contributed by atoms with Crippen LogP contribution >= 0.6 is 0 Å². The van der Waals surface area contributed by atoms with Crippen LogP contribution in [0, 0.1) is 20.8 Å². The summed E-state index contributed by atoms with van der Waals surface area (Å²) in [4.78, 5) is 21.1. The van der Waals surface area contributed by atoms with Crippen molar-refractivity contribution in [3.63, 3.8) is 0 Å². The Morgan fingerprint density at radius 1 is 0.956 bits per heavy atom. The van der Waals surface area contributed by atoms with Crippen LogP contribution in [0.5, 0.6) is 17.2 Å². The number of carboxylic acid groups (broad SMARTS) is 1. The fourth-order valence-electron chi connectivity index (χ4n) is 5.72. The minimum atomic E-state index is -0.500. The van der Waals surface area contributed by atoms with Crippen LogP contribution in [0.25, 0.3) is 11.1 Å². The summed E-state index contributed by atoms with van der Waals surface area (Å²) in [5.41, 5.74) is 12.4. The van der Waals surface area contributed by atoms with E-state index in [1.807, 2.05) is 6.92 Å². The number of likely N-dealkylation sites (N-methyl/N-ethyl adjacent to an activating group) is 1. The number of aldehydes is 1. The summed E-state index contributed by atoms with van der Waals surface area (Å²) >= 11 is 0. The van der Waals surface area contributed by atoms with Gasteiger partial charge in [-0.15, -0.1) is 0 Å². The Labute approximate surface area is 268 Å². The molecule has 0 bridgehead atoms. The van der Waals surface area contributed by atoms with E-state index in [0.717, 1.165) is 67.9 Å². The molecule has 3 aromatic carbocycles. The van der Waals surface area contributed by atoms with Gasteiger partial charge in [-0.3, -0.25) is 9.59 Å². The van der Waals surface area contributed by atoms with Gasteiger partial charge in [-0.1, -0.05) is 6.92 Å². The first-order chi connectivity index (χ1) is 21.3. The van der Waals surface area contributed by atoms with E-state index >= 15 is 0 Å². The zero-order valence-corrected chi connectivity index (χ0v) is 28.7. The first-order valence-corrected chi connectivity index (χ1v) is 15.4. The third-order valence-corrected chi connectivity index (χ3v) is 7.70. The Bertz CT molecular complexity index is 1450. The average molecular weight is 622 g/mol. The van der Waals surface area contributed by atoms with E-state index < -0.39 is 5.60 Å². The van der Waals surface area contributed by atoms with Crippen molar-refractivity contribution in [1.82, 2.24) is 0 Å². The van der Waals surface area contributed by atoms with Crippen molar-refractivity contribution in [2.75, 3.05) is 39.3 Å². The molecule has 0 unspecified atom stereocenters. The summed E-state index contributed by atoms with van der Waals surface area (Å²) in [6, 6.07) is 9.91. The number of aliphatic hydroxyl groups is 1. The Hall–Kier alpha value is -4.04. The van der Waals surface area contributed by atoms with Gasteiger partial charge in [-0.2, -0.15) is 0 Å². The maximum absolute atomic E-state index is 10.3. The van der Waals surface area contributed by atoms with Gasteiger partial charge >= 0.3 is 0 Å². The van der Waals surface area contributed by atoms with Gasteiger partial charge in [0, 0.05) is 30.4 Å². The lowest BCUT2D eigenvalue weighted by atomic mass is 9.84. The van der Waals surface area contributed by atoms with Gasteiger partial charge in [0.1, 0.15) is 12.0 Å². The molecular formula is C37H51NO7. The highest BCUT2D eigenvalue weighted by atomic mass is 16.5. The molecule has 8 nitrogen and oxygen atoms in total. The Morgan fingerprint density at radius 2 is 1.58 bits per heavy atom. The van der Waals surface area contributed by atoms with Crippen molar-refractivity contribution in [3.8, 4) is 28.4 Å². The summed E-state index contributed by atoms with van der Waals surface area (Å²) < 4.78 is 16.7. The second-order valence-electron chi connectivity index (χ2n) is 12.2. The molecule has 0 radical (unpaired) electrons. The van der Waals surface area contributed by atoms with Crippen LogP contribution in [0.15, 0.2) is 30.3 Å². The molecule has 0 spiro atoms. The van der Waals surface area contributed by atoms with Crippen molar-refractivity contribution in [3.05, 3.63) is 69.3 Å². The molecule has 0 aliphatic carbocycles. The number of rotatable bonds is 5. The second kappa shape index (κ2) is 16.9.